The summed E-state index contributed by atoms with van der Waals surface area (Å²) in [5.74, 6) is 0.248. The number of aromatic nitrogens is 2. The highest BCUT2D eigenvalue weighted by Crippen LogP contribution is 2.18. The fourth-order valence-electron chi connectivity index (χ4n) is 3.05. The number of amides is 1. The maximum absolute atomic E-state index is 12.4. The molecule has 2 heterocycles. The molecule has 1 aliphatic rings. The number of carbonyl (C=O) groups excluding carboxylic acids is 1. The SMILES string of the molecule is Cc1cccc(N2CCN(C(=O)CCc3cnn(C)c3)CC2)c1. The Morgan fingerprint density at radius 1 is 1.22 bits per heavy atom. The molecule has 1 amide bonds. The molecule has 122 valence electrons. The van der Waals surface area contributed by atoms with Crippen LogP contribution in [0.2, 0.25) is 0 Å². The molecule has 2 aromatic rings. The standard InChI is InChI=1S/C18H24N4O/c1-15-4-3-5-17(12-15)21-8-10-22(11-9-21)18(23)7-6-16-13-19-20(2)14-16/h3-5,12-14H,6-11H2,1-2H3. The van der Waals surface area contributed by atoms with Gasteiger partial charge >= 0.3 is 0 Å². The molecule has 0 bridgehead atoms. The Bertz CT molecular complexity index is 671. The molecular formula is C18H24N4O. The first kappa shape index (κ1) is 15.6. The minimum Gasteiger partial charge on any atom is -0.368 e. The average Bonchev–Trinajstić information content (AvgIpc) is 2.98. The number of anilines is 1. The van der Waals surface area contributed by atoms with Gasteiger partial charge in [0.15, 0.2) is 0 Å². The molecular weight excluding hydrogens is 288 g/mol. The zero-order valence-electron chi connectivity index (χ0n) is 13.9. The van der Waals surface area contributed by atoms with E-state index in [1.807, 2.05) is 24.3 Å². The van der Waals surface area contributed by atoms with E-state index in [0.29, 0.717) is 6.42 Å². The van der Waals surface area contributed by atoms with Crippen molar-refractivity contribution >= 4 is 11.6 Å². The third kappa shape index (κ3) is 3.92. The van der Waals surface area contributed by atoms with Crippen molar-refractivity contribution in [3.05, 3.63) is 47.8 Å². The van der Waals surface area contributed by atoms with Gasteiger partial charge in [0, 0.05) is 51.5 Å². The van der Waals surface area contributed by atoms with Crippen LogP contribution in [0.25, 0.3) is 0 Å². The van der Waals surface area contributed by atoms with Gasteiger partial charge in [0.25, 0.3) is 0 Å². The number of nitrogens with zero attached hydrogens (tertiary/aromatic N) is 4. The summed E-state index contributed by atoms with van der Waals surface area (Å²) in [6.07, 6.45) is 5.15. The highest BCUT2D eigenvalue weighted by atomic mass is 16.2. The van der Waals surface area contributed by atoms with E-state index in [9.17, 15) is 4.79 Å². The predicted molar refractivity (Wildman–Crippen MR) is 91.5 cm³/mol. The summed E-state index contributed by atoms with van der Waals surface area (Å²) in [5, 5.41) is 4.14. The van der Waals surface area contributed by atoms with Gasteiger partial charge in [0.1, 0.15) is 0 Å². The molecule has 5 nitrogen and oxygen atoms in total. The molecule has 0 unspecified atom stereocenters. The van der Waals surface area contributed by atoms with E-state index in [2.05, 4.69) is 41.2 Å². The number of piperazine rings is 1. The van der Waals surface area contributed by atoms with Crippen LogP contribution in [0.5, 0.6) is 0 Å². The van der Waals surface area contributed by atoms with E-state index < -0.39 is 0 Å². The monoisotopic (exact) mass is 312 g/mol. The maximum Gasteiger partial charge on any atom is 0.223 e. The first-order valence-electron chi connectivity index (χ1n) is 8.19. The number of benzene rings is 1. The Morgan fingerprint density at radius 2 is 2.00 bits per heavy atom. The topological polar surface area (TPSA) is 41.4 Å². The molecule has 1 aromatic carbocycles. The summed E-state index contributed by atoms with van der Waals surface area (Å²) in [6.45, 7) is 5.53. The van der Waals surface area contributed by atoms with Crippen LogP contribution in [0.4, 0.5) is 5.69 Å². The largest absolute Gasteiger partial charge is 0.368 e. The molecule has 5 heteroatoms. The Morgan fingerprint density at radius 3 is 2.65 bits per heavy atom. The van der Waals surface area contributed by atoms with Gasteiger partial charge in [-0.1, -0.05) is 12.1 Å². The second kappa shape index (κ2) is 6.86. The van der Waals surface area contributed by atoms with E-state index in [4.69, 9.17) is 0 Å². The van der Waals surface area contributed by atoms with Gasteiger partial charge in [-0.2, -0.15) is 5.10 Å². The lowest BCUT2D eigenvalue weighted by Gasteiger charge is -2.36. The average molecular weight is 312 g/mol. The molecule has 23 heavy (non-hydrogen) atoms. The fraction of sp³-hybridized carbons (Fsp3) is 0.444. The fourth-order valence-corrected chi connectivity index (χ4v) is 3.05. The second-order valence-corrected chi connectivity index (χ2v) is 6.23. The number of rotatable bonds is 4. The van der Waals surface area contributed by atoms with Crippen LogP contribution in [0.3, 0.4) is 0 Å². The van der Waals surface area contributed by atoms with Crippen LogP contribution in [0, 0.1) is 6.92 Å². The molecule has 1 saturated heterocycles. The van der Waals surface area contributed by atoms with Gasteiger partial charge in [0.05, 0.1) is 6.20 Å². The molecule has 1 fully saturated rings. The molecule has 3 rings (SSSR count). The van der Waals surface area contributed by atoms with Crippen molar-refractivity contribution in [3.63, 3.8) is 0 Å². The smallest absolute Gasteiger partial charge is 0.223 e. The van der Waals surface area contributed by atoms with Crippen LogP contribution in [0.1, 0.15) is 17.5 Å². The van der Waals surface area contributed by atoms with Crippen LogP contribution in [-0.4, -0.2) is 46.8 Å². The number of carbonyl (C=O) groups is 1. The van der Waals surface area contributed by atoms with Crippen molar-refractivity contribution in [3.8, 4) is 0 Å². The van der Waals surface area contributed by atoms with E-state index in [1.165, 1.54) is 11.3 Å². The van der Waals surface area contributed by atoms with E-state index in [-0.39, 0.29) is 5.91 Å². The second-order valence-electron chi connectivity index (χ2n) is 6.23. The van der Waals surface area contributed by atoms with E-state index in [1.54, 1.807) is 4.68 Å². The van der Waals surface area contributed by atoms with Crippen molar-refractivity contribution in [2.24, 2.45) is 7.05 Å². The van der Waals surface area contributed by atoms with Crippen molar-refractivity contribution < 1.29 is 4.79 Å². The molecule has 0 N–H and O–H groups in total. The van der Waals surface area contributed by atoms with Gasteiger partial charge in [-0.05, 0) is 36.6 Å². The lowest BCUT2D eigenvalue weighted by Crippen LogP contribution is -2.48. The van der Waals surface area contributed by atoms with Crippen molar-refractivity contribution in [1.82, 2.24) is 14.7 Å². The Kier molecular flexibility index (Phi) is 4.65. The van der Waals surface area contributed by atoms with Gasteiger partial charge in [-0.25, -0.2) is 0 Å². The predicted octanol–water partition coefficient (Wildman–Crippen LogP) is 2.01. The minimum atomic E-state index is 0.248. The normalized spacial score (nSPS) is 15.0. The minimum absolute atomic E-state index is 0.248. The third-order valence-electron chi connectivity index (χ3n) is 4.39. The molecule has 0 radical (unpaired) electrons. The molecule has 1 aliphatic heterocycles. The number of hydrogen-bond donors (Lipinski definition) is 0. The quantitative estimate of drug-likeness (QED) is 0.867. The third-order valence-corrected chi connectivity index (χ3v) is 4.39. The lowest BCUT2D eigenvalue weighted by atomic mass is 10.1. The molecule has 0 atom stereocenters. The summed E-state index contributed by atoms with van der Waals surface area (Å²) in [5.41, 5.74) is 3.66. The van der Waals surface area contributed by atoms with Crippen LogP contribution >= 0.6 is 0 Å². The van der Waals surface area contributed by atoms with Gasteiger partial charge in [-0.15, -0.1) is 0 Å². The lowest BCUT2D eigenvalue weighted by molar-refractivity contribution is -0.131. The molecule has 0 spiro atoms. The Hall–Kier alpha value is -2.30. The van der Waals surface area contributed by atoms with E-state index in [0.717, 1.165) is 38.2 Å². The maximum atomic E-state index is 12.4. The number of hydrogen-bond acceptors (Lipinski definition) is 3. The summed E-state index contributed by atoms with van der Waals surface area (Å²) in [6, 6.07) is 8.56. The number of aryl methyl sites for hydroxylation is 3. The van der Waals surface area contributed by atoms with Gasteiger partial charge in [-0.3, -0.25) is 9.48 Å². The Labute approximate surface area is 137 Å². The first-order chi connectivity index (χ1) is 11.1. The van der Waals surface area contributed by atoms with Crippen molar-refractivity contribution in [2.75, 3.05) is 31.1 Å². The Balaban J connectivity index is 1.49. The van der Waals surface area contributed by atoms with Crippen LogP contribution in [0.15, 0.2) is 36.7 Å². The van der Waals surface area contributed by atoms with Gasteiger partial charge in [0.2, 0.25) is 5.91 Å². The zero-order chi connectivity index (χ0) is 16.2. The summed E-state index contributed by atoms with van der Waals surface area (Å²) in [4.78, 5) is 16.7. The summed E-state index contributed by atoms with van der Waals surface area (Å²) < 4.78 is 1.78. The van der Waals surface area contributed by atoms with Crippen LogP contribution < -0.4 is 4.90 Å². The molecule has 0 saturated carbocycles. The highest BCUT2D eigenvalue weighted by molar-refractivity contribution is 5.76. The van der Waals surface area contributed by atoms with Crippen LogP contribution in [-0.2, 0) is 18.3 Å². The highest BCUT2D eigenvalue weighted by Gasteiger charge is 2.21. The van der Waals surface area contributed by atoms with Crippen molar-refractivity contribution in [1.29, 1.82) is 0 Å². The van der Waals surface area contributed by atoms with Crippen molar-refractivity contribution in [2.45, 2.75) is 19.8 Å². The molecule has 0 aliphatic carbocycles. The summed E-state index contributed by atoms with van der Waals surface area (Å²) in [7, 11) is 1.90. The zero-order valence-corrected chi connectivity index (χ0v) is 13.9. The summed E-state index contributed by atoms with van der Waals surface area (Å²) >= 11 is 0. The van der Waals surface area contributed by atoms with Gasteiger partial charge < -0.3 is 9.80 Å². The van der Waals surface area contributed by atoms with E-state index >= 15 is 0 Å². The first-order valence-corrected chi connectivity index (χ1v) is 8.19. The molecule has 1 aromatic heterocycles.